The molecule has 0 saturated carbocycles. The molecule has 0 aliphatic carbocycles. The molecule has 3 aromatic rings. The van der Waals surface area contributed by atoms with Gasteiger partial charge in [0.25, 0.3) is 5.69 Å². The topological polar surface area (TPSA) is 138 Å². The molecule has 0 radical (unpaired) electrons. The molecule has 10 nitrogen and oxygen atoms in total. The maximum absolute atomic E-state index is 13.0. The normalized spacial score (nSPS) is 24.2. The van der Waals surface area contributed by atoms with Gasteiger partial charge in [0.15, 0.2) is 0 Å². The van der Waals surface area contributed by atoms with Gasteiger partial charge in [0.05, 0.1) is 29.2 Å². The summed E-state index contributed by atoms with van der Waals surface area (Å²) in [6.45, 7) is 3.46. The first-order chi connectivity index (χ1) is 17.1. The molecule has 4 atom stereocenters. The highest BCUT2D eigenvalue weighted by atomic mass is 32.2. The summed E-state index contributed by atoms with van der Waals surface area (Å²) in [5.41, 5.74) is -0.0905. The molecule has 2 aliphatic rings. The Kier molecular flexibility index (Phi) is 6.13. The predicted octanol–water partition coefficient (Wildman–Crippen LogP) is 3.35. The molecule has 2 aromatic heterocycles. The van der Waals surface area contributed by atoms with Crippen molar-refractivity contribution < 1.29 is 24.7 Å². The quantitative estimate of drug-likeness (QED) is 0.245. The third-order valence-corrected chi connectivity index (χ3v) is 9.18. The predicted molar refractivity (Wildman–Crippen MR) is 135 cm³/mol. The number of aromatic nitrogens is 2. The van der Waals surface area contributed by atoms with Crippen molar-refractivity contribution in [2.75, 3.05) is 5.75 Å². The van der Waals surface area contributed by atoms with Crippen LogP contribution in [-0.2, 0) is 22.4 Å². The van der Waals surface area contributed by atoms with Gasteiger partial charge in [0.2, 0.25) is 5.91 Å². The number of benzene rings is 1. The van der Waals surface area contributed by atoms with Crippen molar-refractivity contribution in [3.63, 3.8) is 0 Å². The first kappa shape index (κ1) is 24.5. The number of carbonyl (C=O) groups excluding carboxylic acids is 1. The molecule has 5 rings (SSSR count). The van der Waals surface area contributed by atoms with Crippen LogP contribution in [-0.4, -0.2) is 59.2 Å². The summed E-state index contributed by atoms with van der Waals surface area (Å²) in [6, 6.07) is 5.63. The summed E-state index contributed by atoms with van der Waals surface area (Å²) in [7, 11) is 0. The zero-order valence-electron chi connectivity index (χ0n) is 19.5. The molecule has 12 heteroatoms. The number of hydrogen-bond acceptors (Lipinski definition) is 8. The van der Waals surface area contributed by atoms with Gasteiger partial charge in [0, 0.05) is 46.2 Å². The number of aliphatic hydroxyl groups excluding tert-OH is 1. The van der Waals surface area contributed by atoms with Crippen LogP contribution in [0.15, 0.2) is 52.6 Å². The van der Waals surface area contributed by atoms with E-state index in [1.54, 1.807) is 36.6 Å². The minimum atomic E-state index is -1.19. The van der Waals surface area contributed by atoms with Crippen molar-refractivity contribution in [3.05, 3.63) is 74.1 Å². The number of non-ortho nitro benzene ring substituents is 1. The van der Waals surface area contributed by atoms with Crippen LogP contribution in [0.1, 0.15) is 25.2 Å². The minimum Gasteiger partial charge on any atom is -0.477 e. The zero-order valence-corrected chi connectivity index (χ0v) is 21.2. The largest absolute Gasteiger partial charge is 0.477 e. The van der Waals surface area contributed by atoms with Gasteiger partial charge >= 0.3 is 5.97 Å². The molecule has 1 aromatic carbocycles. The molecule has 188 valence electrons. The Morgan fingerprint density at radius 1 is 1.36 bits per heavy atom. The van der Waals surface area contributed by atoms with E-state index in [-0.39, 0.29) is 11.4 Å². The van der Waals surface area contributed by atoms with E-state index in [0.29, 0.717) is 23.5 Å². The number of rotatable bonds is 9. The third kappa shape index (κ3) is 3.80. The van der Waals surface area contributed by atoms with Crippen molar-refractivity contribution in [1.29, 1.82) is 0 Å². The number of thioether (sulfide) groups is 1. The van der Waals surface area contributed by atoms with Crippen molar-refractivity contribution >= 4 is 45.5 Å². The number of carbonyl (C=O) groups is 2. The Morgan fingerprint density at radius 2 is 2.08 bits per heavy atom. The van der Waals surface area contributed by atoms with Crippen LogP contribution in [0.4, 0.5) is 5.69 Å². The summed E-state index contributed by atoms with van der Waals surface area (Å²) < 4.78 is 2.00. The Labute approximate surface area is 214 Å². The highest BCUT2D eigenvalue weighted by molar-refractivity contribution is 8.03. The van der Waals surface area contributed by atoms with E-state index < -0.39 is 40.3 Å². The third-order valence-electron chi connectivity index (χ3n) is 7.02. The van der Waals surface area contributed by atoms with E-state index >= 15 is 0 Å². The van der Waals surface area contributed by atoms with Crippen molar-refractivity contribution in [1.82, 2.24) is 14.3 Å². The number of hydrogen-bond donors (Lipinski definition) is 2. The summed E-state index contributed by atoms with van der Waals surface area (Å²) in [5.74, 6) is -0.893. The average Bonchev–Trinajstić information content (AvgIpc) is 3.47. The molecular formula is C24H24N4O6S2. The average molecular weight is 529 g/mol. The van der Waals surface area contributed by atoms with Crippen LogP contribution in [0.2, 0.25) is 0 Å². The summed E-state index contributed by atoms with van der Waals surface area (Å²) in [6.07, 6.45) is 3.77. The van der Waals surface area contributed by atoms with Gasteiger partial charge in [-0.25, -0.2) is 9.78 Å². The van der Waals surface area contributed by atoms with Gasteiger partial charge in [-0.1, -0.05) is 19.1 Å². The molecule has 1 fully saturated rings. The maximum atomic E-state index is 13.0. The van der Waals surface area contributed by atoms with Crippen LogP contribution >= 0.6 is 23.1 Å². The second-order valence-electron chi connectivity index (χ2n) is 9.30. The number of β-lactam (4-membered cyclic amide) rings is 1. The minimum absolute atomic E-state index is 0.0339. The SMILES string of the molecule is C[C@@H](O)[C@H]1C(=O)N2C(C(=O)O)=C(SCCc3ncc4sccn34)C(C)(Cc3ccc([N+](=O)[O-])cc3)[C@H]12. The second-order valence-corrected chi connectivity index (χ2v) is 11.3. The van der Waals surface area contributed by atoms with Gasteiger partial charge in [-0.05, 0) is 18.9 Å². The fourth-order valence-electron chi connectivity index (χ4n) is 5.42. The molecule has 1 saturated heterocycles. The van der Waals surface area contributed by atoms with Gasteiger partial charge in [-0.2, -0.15) is 0 Å². The molecule has 1 amide bonds. The van der Waals surface area contributed by atoms with Crippen molar-refractivity contribution in [3.8, 4) is 0 Å². The summed E-state index contributed by atoms with van der Waals surface area (Å²) in [5, 5.41) is 33.6. The Bertz CT molecular complexity index is 1390. The number of carboxylic acids is 1. The molecular weight excluding hydrogens is 504 g/mol. The number of imidazole rings is 1. The number of nitrogens with zero attached hydrogens (tertiary/aromatic N) is 4. The van der Waals surface area contributed by atoms with E-state index in [4.69, 9.17) is 0 Å². The van der Waals surface area contributed by atoms with Gasteiger partial charge in [0.1, 0.15) is 16.4 Å². The van der Waals surface area contributed by atoms with E-state index in [2.05, 4.69) is 4.98 Å². The molecule has 36 heavy (non-hydrogen) atoms. The fourth-order valence-corrected chi connectivity index (χ4v) is 7.47. The van der Waals surface area contributed by atoms with Gasteiger partial charge in [-0.15, -0.1) is 23.1 Å². The van der Waals surface area contributed by atoms with E-state index in [1.807, 2.05) is 22.9 Å². The molecule has 2 aliphatic heterocycles. The molecule has 0 spiro atoms. The lowest BCUT2D eigenvalue weighted by Crippen LogP contribution is -2.66. The lowest BCUT2D eigenvalue weighted by Gasteiger charge is -2.51. The maximum Gasteiger partial charge on any atom is 0.353 e. The molecule has 2 N–H and O–H groups in total. The Morgan fingerprint density at radius 3 is 2.72 bits per heavy atom. The number of fused-ring (bicyclic) bond motifs is 2. The number of nitro benzene ring substituents is 1. The number of thiazole rings is 1. The molecule has 0 bridgehead atoms. The Hall–Kier alpha value is -3.22. The van der Waals surface area contributed by atoms with E-state index in [1.165, 1.54) is 28.8 Å². The number of aliphatic carboxylic acids is 1. The van der Waals surface area contributed by atoms with E-state index in [9.17, 15) is 29.9 Å². The Balaban J connectivity index is 1.49. The smallest absolute Gasteiger partial charge is 0.353 e. The van der Waals surface area contributed by atoms with Gasteiger partial charge < -0.3 is 15.1 Å². The van der Waals surface area contributed by atoms with Crippen molar-refractivity contribution in [2.45, 2.75) is 38.8 Å². The number of nitro groups is 1. The number of amides is 1. The lowest BCUT2D eigenvalue weighted by molar-refractivity contribution is -0.384. The number of aryl methyl sites for hydroxylation is 1. The summed E-state index contributed by atoms with van der Waals surface area (Å²) >= 11 is 2.98. The van der Waals surface area contributed by atoms with Crippen LogP contribution in [0.5, 0.6) is 0 Å². The van der Waals surface area contributed by atoms with Crippen LogP contribution in [0.3, 0.4) is 0 Å². The van der Waals surface area contributed by atoms with Crippen LogP contribution < -0.4 is 0 Å². The monoisotopic (exact) mass is 528 g/mol. The number of aliphatic hydroxyl groups is 1. The second kappa shape index (κ2) is 9.02. The van der Waals surface area contributed by atoms with Crippen LogP contribution in [0.25, 0.3) is 4.83 Å². The summed E-state index contributed by atoms with van der Waals surface area (Å²) in [4.78, 5) is 43.3. The first-order valence-electron chi connectivity index (χ1n) is 11.4. The standard InChI is InChI=1S/C24H24N4O6S2/c1-13(29)18-20-24(2,11-14-3-5-15(6-4-14)28(33)34)21(19(23(31)32)27(20)22(18)30)36-9-7-16-25-12-17-26(16)8-10-35-17/h3-6,8,10,12-13,18,20,29H,7,9,11H2,1-2H3,(H,31,32)/t13-,18-,20+,24?/m1/s1. The van der Waals surface area contributed by atoms with E-state index in [0.717, 1.165) is 16.2 Å². The zero-order chi connectivity index (χ0) is 25.8. The van der Waals surface area contributed by atoms with Gasteiger partial charge in [-0.3, -0.25) is 19.3 Å². The molecule has 1 unspecified atom stereocenters. The fraction of sp³-hybridized carbons (Fsp3) is 0.375. The highest BCUT2D eigenvalue weighted by Gasteiger charge is 2.66. The van der Waals surface area contributed by atoms with Crippen LogP contribution in [0, 0.1) is 21.4 Å². The highest BCUT2D eigenvalue weighted by Crippen LogP contribution is 2.58. The number of carboxylic acid groups (broad SMARTS) is 1. The van der Waals surface area contributed by atoms with Crippen molar-refractivity contribution in [2.24, 2.45) is 11.3 Å². The molecule has 4 heterocycles. The lowest BCUT2D eigenvalue weighted by atomic mass is 9.67. The first-order valence-corrected chi connectivity index (χ1v) is 13.2.